The summed E-state index contributed by atoms with van der Waals surface area (Å²) in [4.78, 5) is 11.4. The lowest BCUT2D eigenvalue weighted by Crippen LogP contribution is -2.34. The van der Waals surface area contributed by atoms with Crippen molar-refractivity contribution in [2.45, 2.75) is 44.2 Å². The molecule has 1 aromatic carbocycles. The molecular weight excluding hydrogens is 252 g/mol. The standard InChI is InChI=1S/C16H22N2O2/c1-17-16(14-4-2-3-9-20-14)12-5-7-13-11(10-12)6-8-15(19)18-13/h5,7,10,14,16-17H,2-4,6,8-9H2,1H3,(H,18,19). The van der Waals surface area contributed by atoms with Crippen LogP contribution in [0.3, 0.4) is 0 Å². The predicted molar refractivity (Wildman–Crippen MR) is 78.8 cm³/mol. The van der Waals surface area contributed by atoms with E-state index in [2.05, 4.69) is 22.8 Å². The van der Waals surface area contributed by atoms with E-state index in [0.717, 1.165) is 25.1 Å². The van der Waals surface area contributed by atoms with Gasteiger partial charge in [-0.1, -0.05) is 12.1 Å². The van der Waals surface area contributed by atoms with Gasteiger partial charge in [0.15, 0.2) is 0 Å². The molecule has 0 bridgehead atoms. The Balaban J connectivity index is 1.83. The summed E-state index contributed by atoms with van der Waals surface area (Å²) in [6, 6.07) is 6.57. The third-order valence-electron chi connectivity index (χ3n) is 4.28. The molecule has 20 heavy (non-hydrogen) atoms. The van der Waals surface area contributed by atoms with Crippen molar-refractivity contribution in [1.29, 1.82) is 0 Å². The summed E-state index contributed by atoms with van der Waals surface area (Å²) in [6.45, 7) is 0.865. The molecule has 1 saturated heterocycles. The Bertz CT molecular complexity index is 495. The molecule has 2 N–H and O–H groups in total. The summed E-state index contributed by atoms with van der Waals surface area (Å²) in [5.41, 5.74) is 3.46. The zero-order valence-electron chi connectivity index (χ0n) is 11.9. The summed E-state index contributed by atoms with van der Waals surface area (Å²) < 4.78 is 5.91. The molecule has 2 aliphatic heterocycles. The van der Waals surface area contributed by atoms with Crippen LogP contribution in [0.1, 0.15) is 42.9 Å². The van der Waals surface area contributed by atoms with Gasteiger partial charge >= 0.3 is 0 Å². The van der Waals surface area contributed by atoms with E-state index in [0.29, 0.717) is 6.42 Å². The van der Waals surface area contributed by atoms with Gasteiger partial charge in [-0.15, -0.1) is 0 Å². The van der Waals surface area contributed by atoms with E-state index in [4.69, 9.17) is 4.74 Å². The molecule has 0 radical (unpaired) electrons. The minimum Gasteiger partial charge on any atom is -0.376 e. The molecule has 3 rings (SSSR count). The quantitative estimate of drug-likeness (QED) is 0.890. The summed E-state index contributed by atoms with van der Waals surface area (Å²) in [5, 5.41) is 6.32. The van der Waals surface area contributed by atoms with Crippen molar-refractivity contribution in [1.82, 2.24) is 5.32 Å². The summed E-state index contributed by atoms with van der Waals surface area (Å²) in [7, 11) is 1.99. The maximum absolute atomic E-state index is 11.4. The van der Waals surface area contributed by atoms with E-state index in [1.165, 1.54) is 24.0 Å². The van der Waals surface area contributed by atoms with Crippen molar-refractivity contribution < 1.29 is 9.53 Å². The third-order valence-corrected chi connectivity index (χ3v) is 4.28. The number of rotatable bonds is 3. The van der Waals surface area contributed by atoms with Gasteiger partial charge in [0.05, 0.1) is 12.1 Å². The molecule has 1 amide bonds. The Kier molecular flexibility index (Phi) is 4.03. The highest BCUT2D eigenvalue weighted by Crippen LogP contribution is 2.30. The number of hydrogen-bond donors (Lipinski definition) is 2. The maximum atomic E-state index is 11.4. The summed E-state index contributed by atoms with van der Waals surface area (Å²) in [5.74, 6) is 0.117. The van der Waals surface area contributed by atoms with Gasteiger partial charge in [0, 0.05) is 18.7 Å². The van der Waals surface area contributed by atoms with Gasteiger partial charge in [0.2, 0.25) is 5.91 Å². The van der Waals surface area contributed by atoms with Gasteiger partial charge in [0.25, 0.3) is 0 Å². The van der Waals surface area contributed by atoms with Crippen molar-refractivity contribution in [3.05, 3.63) is 29.3 Å². The van der Waals surface area contributed by atoms with E-state index in [1.54, 1.807) is 0 Å². The zero-order chi connectivity index (χ0) is 13.9. The van der Waals surface area contributed by atoms with Crippen LogP contribution in [0.25, 0.3) is 0 Å². The normalized spacial score (nSPS) is 23.9. The summed E-state index contributed by atoms with van der Waals surface area (Å²) in [6.07, 6.45) is 5.19. The Morgan fingerprint density at radius 3 is 3.00 bits per heavy atom. The molecule has 2 atom stereocenters. The number of benzene rings is 1. The highest BCUT2D eigenvalue weighted by Gasteiger charge is 2.26. The lowest BCUT2D eigenvalue weighted by molar-refractivity contribution is -0.116. The van der Waals surface area contributed by atoms with E-state index in [-0.39, 0.29) is 18.1 Å². The fourth-order valence-corrected chi connectivity index (χ4v) is 3.19. The predicted octanol–water partition coefficient (Wildman–Crippen LogP) is 2.40. The molecule has 2 aliphatic rings. The van der Waals surface area contributed by atoms with Gasteiger partial charge in [-0.2, -0.15) is 0 Å². The Hall–Kier alpha value is -1.39. The molecule has 4 heteroatoms. The molecular formula is C16H22N2O2. The first-order valence-electron chi connectivity index (χ1n) is 7.49. The number of carbonyl (C=O) groups excluding carboxylic acids is 1. The second-order valence-electron chi connectivity index (χ2n) is 5.64. The highest BCUT2D eigenvalue weighted by molar-refractivity contribution is 5.93. The first-order valence-corrected chi connectivity index (χ1v) is 7.49. The molecule has 108 valence electrons. The van der Waals surface area contributed by atoms with E-state index in [9.17, 15) is 4.79 Å². The van der Waals surface area contributed by atoms with Crippen LogP contribution in [-0.4, -0.2) is 25.7 Å². The largest absolute Gasteiger partial charge is 0.376 e. The SMILES string of the molecule is CNC(c1ccc2c(c1)CCC(=O)N2)C1CCCCO1. The van der Waals surface area contributed by atoms with Crippen molar-refractivity contribution in [2.75, 3.05) is 19.0 Å². The topological polar surface area (TPSA) is 50.4 Å². The van der Waals surface area contributed by atoms with Crippen LogP contribution < -0.4 is 10.6 Å². The third kappa shape index (κ3) is 2.72. The number of ether oxygens (including phenoxy) is 1. The van der Waals surface area contributed by atoms with Crippen molar-refractivity contribution in [3.63, 3.8) is 0 Å². The number of fused-ring (bicyclic) bond motifs is 1. The number of carbonyl (C=O) groups is 1. The molecule has 0 saturated carbocycles. The van der Waals surface area contributed by atoms with Crippen LogP contribution in [0.2, 0.25) is 0 Å². The first-order chi connectivity index (χ1) is 9.78. The molecule has 2 unspecified atom stereocenters. The van der Waals surface area contributed by atoms with E-state index >= 15 is 0 Å². The lowest BCUT2D eigenvalue weighted by atomic mass is 9.92. The fraction of sp³-hybridized carbons (Fsp3) is 0.562. The van der Waals surface area contributed by atoms with Crippen molar-refractivity contribution in [2.24, 2.45) is 0 Å². The molecule has 0 spiro atoms. The first kappa shape index (κ1) is 13.6. The Morgan fingerprint density at radius 1 is 1.35 bits per heavy atom. The molecule has 0 aliphatic carbocycles. The van der Waals surface area contributed by atoms with E-state index < -0.39 is 0 Å². The van der Waals surface area contributed by atoms with Gasteiger partial charge in [-0.05, 0) is 49.9 Å². The van der Waals surface area contributed by atoms with Crippen LogP contribution in [0.15, 0.2) is 18.2 Å². The minimum atomic E-state index is 0.117. The van der Waals surface area contributed by atoms with Crippen LogP contribution >= 0.6 is 0 Å². The fourth-order valence-electron chi connectivity index (χ4n) is 3.19. The number of nitrogens with one attached hydrogen (secondary N) is 2. The van der Waals surface area contributed by atoms with Crippen molar-refractivity contribution in [3.8, 4) is 0 Å². The van der Waals surface area contributed by atoms with Gasteiger partial charge in [-0.25, -0.2) is 0 Å². The zero-order valence-corrected chi connectivity index (χ0v) is 11.9. The van der Waals surface area contributed by atoms with Gasteiger partial charge < -0.3 is 15.4 Å². The number of anilines is 1. The Labute approximate surface area is 119 Å². The van der Waals surface area contributed by atoms with Crippen LogP contribution in [0, 0.1) is 0 Å². The molecule has 1 fully saturated rings. The highest BCUT2D eigenvalue weighted by atomic mass is 16.5. The summed E-state index contributed by atoms with van der Waals surface area (Å²) >= 11 is 0. The van der Waals surface area contributed by atoms with Gasteiger partial charge in [0.1, 0.15) is 0 Å². The van der Waals surface area contributed by atoms with Crippen LogP contribution in [0.5, 0.6) is 0 Å². The number of amides is 1. The average Bonchev–Trinajstić information content (AvgIpc) is 2.49. The monoisotopic (exact) mass is 274 g/mol. The smallest absolute Gasteiger partial charge is 0.224 e. The number of hydrogen-bond acceptors (Lipinski definition) is 3. The number of aryl methyl sites for hydroxylation is 1. The molecule has 0 aromatic heterocycles. The van der Waals surface area contributed by atoms with Crippen LogP contribution in [0.4, 0.5) is 5.69 Å². The van der Waals surface area contributed by atoms with E-state index in [1.807, 2.05) is 13.1 Å². The number of likely N-dealkylation sites (N-methyl/N-ethyl adjacent to an activating group) is 1. The molecule has 1 aromatic rings. The molecule has 2 heterocycles. The van der Waals surface area contributed by atoms with Crippen molar-refractivity contribution >= 4 is 11.6 Å². The van der Waals surface area contributed by atoms with Crippen LogP contribution in [-0.2, 0) is 16.0 Å². The molecule has 4 nitrogen and oxygen atoms in total. The average molecular weight is 274 g/mol. The second kappa shape index (κ2) is 5.94. The minimum absolute atomic E-state index is 0.117. The van der Waals surface area contributed by atoms with Gasteiger partial charge in [-0.3, -0.25) is 4.79 Å². The maximum Gasteiger partial charge on any atom is 0.224 e. The lowest BCUT2D eigenvalue weighted by Gasteiger charge is -2.31. The second-order valence-corrected chi connectivity index (χ2v) is 5.64. The Morgan fingerprint density at radius 2 is 2.25 bits per heavy atom.